The van der Waals surface area contributed by atoms with E-state index in [0.717, 1.165) is 11.1 Å². The van der Waals surface area contributed by atoms with Crippen molar-refractivity contribution in [2.75, 3.05) is 0 Å². The Morgan fingerprint density at radius 3 is 1.32 bits per heavy atom. The molecule has 0 spiro atoms. The van der Waals surface area contributed by atoms with Gasteiger partial charge < -0.3 is 14.3 Å². The van der Waals surface area contributed by atoms with Gasteiger partial charge in [-0.05, 0) is 38.8 Å². The summed E-state index contributed by atoms with van der Waals surface area (Å²) in [5, 5.41) is 10.2. The second-order valence-corrected chi connectivity index (χ2v) is 6.30. The van der Waals surface area contributed by atoms with Crippen LogP contribution < -0.4 is 0 Å². The smallest absolute Gasteiger partial charge is 0.402 e. The van der Waals surface area contributed by atoms with Crippen molar-refractivity contribution >= 4 is 7.32 Å². The molecule has 0 heterocycles. The fourth-order valence-electron chi connectivity index (χ4n) is 2.34. The first-order valence-corrected chi connectivity index (χ1v) is 7.46. The molecule has 2 rings (SSSR count). The predicted octanol–water partition coefficient (Wildman–Crippen LogP) is 3.87. The van der Waals surface area contributed by atoms with Crippen molar-refractivity contribution in [2.45, 2.75) is 38.9 Å². The van der Waals surface area contributed by atoms with Gasteiger partial charge in [-0.3, -0.25) is 0 Å². The third-order valence-corrected chi connectivity index (χ3v) is 3.73. The van der Waals surface area contributed by atoms with Crippen LogP contribution >= 0.6 is 0 Å². The molecule has 0 aromatic heterocycles. The standard InChI is InChI=1S/C18H23BO3/c1-17(2,15-11-7-5-8-12-15)21-19(20)22-18(3,4)16-13-9-6-10-14-16/h5-14,20H,1-4H3. The highest BCUT2D eigenvalue weighted by Crippen LogP contribution is 2.29. The van der Waals surface area contributed by atoms with E-state index in [4.69, 9.17) is 9.31 Å². The van der Waals surface area contributed by atoms with Crippen LogP contribution in [0.4, 0.5) is 0 Å². The fourth-order valence-corrected chi connectivity index (χ4v) is 2.34. The maximum absolute atomic E-state index is 10.2. The van der Waals surface area contributed by atoms with Crippen LogP contribution in [0.3, 0.4) is 0 Å². The van der Waals surface area contributed by atoms with Gasteiger partial charge in [0.25, 0.3) is 0 Å². The number of hydrogen-bond donors (Lipinski definition) is 1. The van der Waals surface area contributed by atoms with Gasteiger partial charge in [0, 0.05) is 0 Å². The lowest BCUT2D eigenvalue weighted by Crippen LogP contribution is -2.39. The monoisotopic (exact) mass is 298 g/mol. The van der Waals surface area contributed by atoms with E-state index >= 15 is 0 Å². The molecule has 0 atom stereocenters. The van der Waals surface area contributed by atoms with E-state index in [9.17, 15) is 5.02 Å². The lowest BCUT2D eigenvalue weighted by Gasteiger charge is -2.32. The van der Waals surface area contributed by atoms with E-state index < -0.39 is 18.5 Å². The maximum atomic E-state index is 10.2. The summed E-state index contributed by atoms with van der Waals surface area (Å²) < 4.78 is 11.4. The average molecular weight is 298 g/mol. The van der Waals surface area contributed by atoms with Crippen LogP contribution in [0.25, 0.3) is 0 Å². The Hall–Kier alpha value is -1.62. The molecule has 1 N–H and O–H groups in total. The summed E-state index contributed by atoms with van der Waals surface area (Å²) in [6.45, 7) is 7.63. The minimum Gasteiger partial charge on any atom is -0.402 e. The first kappa shape index (κ1) is 16.8. The highest BCUT2D eigenvalue weighted by atomic mass is 16.7. The summed E-state index contributed by atoms with van der Waals surface area (Å²) >= 11 is 0. The van der Waals surface area contributed by atoms with Gasteiger partial charge in [0.2, 0.25) is 0 Å². The van der Waals surface area contributed by atoms with Crippen LogP contribution in [0.1, 0.15) is 38.8 Å². The zero-order chi connectivity index (χ0) is 16.2. The van der Waals surface area contributed by atoms with Gasteiger partial charge in [-0.15, -0.1) is 0 Å². The van der Waals surface area contributed by atoms with Crippen LogP contribution in [0.2, 0.25) is 0 Å². The van der Waals surface area contributed by atoms with Crippen molar-refractivity contribution in [1.82, 2.24) is 0 Å². The zero-order valence-electron chi connectivity index (χ0n) is 13.6. The van der Waals surface area contributed by atoms with Crippen molar-refractivity contribution in [2.24, 2.45) is 0 Å². The summed E-state index contributed by atoms with van der Waals surface area (Å²) in [6.07, 6.45) is 0. The van der Waals surface area contributed by atoms with Crippen LogP contribution in [-0.2, 0) is 20.5 Å². The Labute approximate surface area is 133 Å². The Kier molecular flexibility index (Phi) is 5.06. The molecule has 116 valence electrons. The van der Waals surface area contributed by atoms with E-state index in [1.165, 1.54) is 0 Å². The summed E-state index contributed by atoms with van der Waals surface area (Å²) in [4.78, 5) is 0. The predicted molar refractivity (Wildman–Crippen MR) is 89.1 cm³/mol. The molecule has 22 heavy (non-hydrogen) atoms. The van der Waals surface area contributed by atoms with Crippen molar-refractivity contribution in [1.29, 1.82) is 0 Å². The van der Waals surface area contributed by atoms with E-state index in [1.54, 1.807) is 0 Å². The van der Waals surface area contributed by atoms with Crippen LogP contribution in [0, 0.1) is 0 Å². The van der Waals surface area contributed by atoms with Gasteiger partial charge in [-0.25, -0.2) is 0 Å². The highest BCUT2D eigenvalue weighted by molar-refractivity contribution is 6.34. The summed E-state index contributed by atoms with van der Waals surface area (Å²) in [7, 11) is -1.31. The van der Waals surface area contributed by atoms with Gasteiger partial charge in [0.1, 0.15) is 0 Å². The molecule has 4 heteroatoms. The van der Waals surface area contributed by atoms with Crippen molar-refractivity contribution in [3.63, 3.8) is 0 Å². The number of rotatable bonds is 6. The molecule has 0 aliphatic carbocycles. The normalized spacial score (nSPS) is 12.2. The van der Waals surface area contributed by atoms with Crippen molar-refractivity contribution in [3.8, 4) is 0 Å². The Bertz CT molecular complexity index is 528. The largest absolute Gasteiger partial charge is 0.637 e. The SMILES string of the molecule is CC(C)(OB(O)OC(C)(C)c1ccccc1)c1ccccc1. The molecular weight excluding hydrogens is 275 g/mol. The molecule has 0 saturated carbocycles. The van der Waals surface area contributed by atoms with Gasteiger partial charge in [0.05, 0.1) is 11.2 Å². The molecule has 0 saturated heterocycles. The lowest BCUT2D eigenvalue weighted by atomic mass is 9.94. The molecule has 0 radical (unpaired) electrons. The molecule has 0 aliphatic heterocycles. The molecule has 2 aromatic rings. The minimum atomic E-state index is -1.31. The lowest BCUT2D eigenvalue weighted by molar-refractivity contribution is -0.0212. The van der Waals surface area contributed by atoms with Gasteiger partial charge in [-0.1, -0.05) is 60.7 Å². The van der Waals surface area contributed by atoms with Gasteiger partial charge in [-0.2, -0.15) is 0 Å². The van der Waals surface area contributed by atoms with Gasteiger partial charge >= 0.3 is 7.32 Å². The highest BCUT2D eigenvalue weighted by Gasteiger charge is 2.35. The topological polar surface area (TPSA) is 38.7 Å². The first-order valence-electron chi connectivity index (χ1n) is 7.46. The van der Waals surface area contributed by atoms with Crippen LogP contribution in [-0.4, -0.2) is 12.3 Å². The van der Waals surface area contributed by atoms with E-state index in [-0.39, 0.29) is 0 Å². The molecule has 2 aromatic carbocycles. The second kappa shape index (κ2) is 6.65. The van der Waals surface area contributed by atoms with Crippen LogP contribution in [0.5, 0.6) is 0 Å². The van der Waals surface area contributed by atoms with E-state index in [2.05, 4.69) is 0 Å². The molecular formula is C18H23BO3. The maximum Gasteiger partial charge on any atom is 0.637 e. The number of benzene rings is 2. The molecule has 0 bridgehead atoms. The van der Waals surface area contributed by atoms with E-state index in [1.807, 2.05) is 88.4 Å². The third-order valence-electron chi connectivity index (χ3n) is 3.73. The minimum absolute atomic E-state index is 0.645. The second-order valence-electron chi connectivity index (χ2n) is 6.30. The zero-order valence-corrected chi connectivity index (χ0v) is 13.6. The quantitative estimate of drug-likeness (QED) is 0.823. The average Bonchev–Trinajstić information content (AvgIpc) is 2.48. The Balaban J connectivity index is 2.05. The van der Waals surface area contributed by atoms with Gasteiger partial charge in [0.15, 0.2) is 0 Å². The number of hydrogen-bond acceptors (Lipinski definition) is 3. The van der Waals surface area contributed by atoms with Crippen molar-refractivity contribution in [3.05, 3.63) is 71.8 Å². The van der Waals surface area contributed by atoms with Crippen molar-refractivity contribution < 1.29 is 14.3 Å². The molecule has 0 fully saturated rings. The summed E-state index contributed by atoms with van der Waals surface area (Å²) in [6, 6.07) is 19.6. The first-order chi connectivity index (χ1) is 10.3. The Morgan fingerprint density at radius 1 is 0.682 bits per heavy atom. The summed E-state index contributed by atoms with van der Waals surface area (Å²) in [5.41, 5.74) is 0.672. The molecule has 0 amide bonds. The molecule has 0 aliphatic rings. The van der Waals surface area contributed by atoms with Crippen LogP contribution in [0.15, 0.2) is 60.7 Å². The third kappa shape index (κ3) is 4.20. The molecule has 0 unspecified atom stereocenters. The Morgan fingerprint density at radius 2 is 1.00 bits per heavy atom. The molecule has 3 nitrogen and oxygen atoms in total. The van der Waals surface area contributed by atoms with E-state index in [0.29, 0.717) is 0 Å². The summed E-state index contributed by atoms with van der Waals surface area (Å²) in [5.74, 6) is 0. The fraction of sp³-hybridized carbons (Fsp3) is 0.333.